The summed E-state index contributed by atoms with van der Waals surface area (Å²) in [5.74, 6) is 1.70. The molecule has 2 saturated carbocycles. The van der Waals surface area contributed by atoms with Gasteiger partial charge in [0.1, 0.15) is 19.8 Å². The highest BCUT2D eigenvalue weighted by molar-refractivity contribution is 5.68. The molecule has 0 saturated heterocycles. The van der Waals surface area contributed by atoms with E-state index < -0.39 is 23.6 Å². The monoisotopic (exact) mass is 511 g/mol. The number of alkyl carbamates (subject to hydrolysis) is 2. The highest BCUT2D eigenvalue weighted by Crippen LogP contribution is 2.31. The molecule has 0 bridgehead atoms. The molecule has 9 heteroatoms. The number of hydrogen-bond donors (Lipinski definition) is 3. The third-order valence-electron chi connectivity index (χ3n) is 8.11. The average molecular weight is 512 g/mol. The van der Waals surface area contributed by atoms with Crippen LogP contribution in [0.2, 0.25) is 0 Å². The summed E-state index contributed by atoms with van der Waals surface area (Å²) < 4.78 is 16.3. The lowest BCUT2D eigenvalue weighted by Crippen LogP contribution is -2.42. The van der Waals surface area contributed by atoms with Crippen LogP contribution in [-0.4, -0.2) is 57.6 Å². The third kappa shape index (κ3) is 10.9. The molecule has 2 rings (SSSR count). The molecular formula is C27H49N3O6. The van der Waals surface area contributed by atoms with Crippen molar-refractivity contribution in [2.45, 2.75) is 85.0 Å². The largest absolute Gasteiger partial charge is 0.465 e. The van der Waals surface area contributed by atoms with Gasteiger partial charge in [0.15, 0.2) is 0 Å². The van der Waals surface area contributed by atoms with Crippen LogP contribution in [0, 0.1) is 29.1 Å². The normalized spacial score (nSPS) is 25.8. The topological polar surface area (TPSA) is 129 Å². The molecule has 2 amide bonds. The maximum absolute atomic E-state index is 12.4. The Morgan fingerprint density at radius 1 is 0.778 bits per heavy atom. The van der Waals surface area contributed by atoms with Crippen LogP contribution < -0.4 is 16.4 Å². The lowest BCUT2D eigenvalue weighted by molar-refractivity contribution is -0.147. The molecule has 0 aromatic carbocycles. The summed E-state index contributed by atoms with van der Waals surface area (Å²) in [6.45, 7) is 7.25. The molecule has 2 fully saturated rings. The molecule has 0 radical (unpaired) electrons. The van der Waals surface area contributed by atoms with Crippen molar-refractivity contribution in [1.29, 1.82) is 0 Å². The van der Waals surface area contributed by atoms with E-state index in [0.717, 1.165) is 44.4 Å². The molecule has 2 aliphatic carbocycles. The summed E-state index contributed by atoms with van der Waals surface area (Å²) in [6, 6.07) is 0. The quantitative estimate of drug-likeness (QED) is 0.247. The summed E-state index contributed by atoms with van der Waals surface area (Å²) in [6.07, 6.45) is 9.78. The first-order valence-electron chi connectivity index (χ1n) is 13.9. The maximum Gasteiger partial charge on any atom is 0.407 e. The maximum atomic E-state index is 12.4. The van der Waals surface area contributed by atoms with Crippen LogP contribution in [0.15, 0.2) is 0 Å². The van der Waals surface area contributed by atoms with E-state index in [1.165, 1.54) is 26.2 Å². The van der Waals surface area contributed by atoms with Gasteiger partial charge in [-0.15, -0.1) is 0 Å². The zero-order chi connectivity index (χ0) is 26.4. The Hall–Kier alpha value is -2.03. The summed E-state index contributed by atoms with van der Waals surface area (Å²) in [4.78, 5) is 36.3. The summed E-state index contributed by atoms with van der Waals surface area (Å²) in [5.41, 5.74) is 5.00. The number of amides is 2. The van der Waals surface area contributed by atoms with Crippen molar-refractivity contribution in [2.24, 2.45) is 34.8 Å². The van der Waals surface area contributed by atoms with Crippen LogP contribution in [0.1, 0.15) is 85.0 Å². The smallest absolute Gasteiger partial charge is 0.407 e. The number of nitrogens with one attached hydrogen (secondary N) is 2. The third-order valence-corrected chi connectivity index (χ3v) is 8.11. The first-order chi connectivity index (χ1) is 17.3. The SMILES string of the molecule is CCC1CCCC(CNC(=O)OCC(CC)(COC(C)=O)COC(=O)NCC2CCCC(CN)C2)C1. The van der Waals surface area contributed by atoms with Gasteiger partial charge in [0.05, 0.1) is 5.41 Å². The molecule has 0 heterocycles. The zero-order valence-electron chi connectivity index (χ0n) is 22.6. The van der Waals surface area contributed by atoms with E-state index in [1.54, 1.807) is 0 Å². The number of carbonyl (C=O) groups is 3. The molecule has 2 aliphatic rings. The summed E-state index contributed by atoms with van der Waals surface area (Å²) in [7, 11) is 0. The summed E-state index contributed by atoms with van der Waals surface area (Å²) >= 11 is 0. The Kier molecular flexibility index (Phi) is 13.4. The van der Waals surface area contributed by atoms with Crippen molar-refractivity contribution in [3.05, 3.63) is 0 Å². The van der Waals surface area contributed by atoms with Gasteiger partial charge in [-0.3, -0.25) is 4.79 Å². The molecular weight excluding hydrogens is 462 g/mol. The molecule has 9 nitrogen and oxygen atoms in total. The molecule has 4 N–H and O–H groups in total. The zero-order valence-corrected chi connectivity index (χ0v) is 22.6. The Balaban J connectivity index is 1.81. The van der Waals surface area contributed by atoms with E-state index in [9.17, 15) is 14.4 Å². The van der Waals surface area contributed by atoms with Crippen molar-refractivity contribution < 1.29 is 28.6 Å². The Labute approximate surface area is 216 Å². The Morgan fingerprint density at radius 3 is 1.72 bits per heavy atom. The Bertz CT molecular complexity index is 644. The van der Waals surface area contributed by atoms with Crippen LogP contribution in [0.4, 0.5) is 9.59 Å². The first kappa shape index (κ1) is 30.2. The van der Waals surface area contributed by atoms with Crippen molar-refractivity contribution in [3.63, 3.8) is 0 Å². The van der Waals surface area contributed by atoms with Gasteiger partial charge in [0, 0.05) is 20.0 Å². The Morgan fingerprint density at radius 2 is 1.25 bits per heavy atom. The van der Waals surface area contributed by atoms with Gasteiger partial charge >= 0.3 is 18.2 Å². The van der Waals surface area contributed by atoms with Crippen LogP contribution in [0.5, 0.6) is 0 Å². The predicted molar refractivity (Wildman–Crippen MR) is 138 cm³/mol. The van der Waals surface area contributed by atoms with Gasteiger partial charge in [-0.2, -0.15) is 0 Å². The molecule has 0 aromatic rings. The van der Waals surface area contributed by atoms with Gasteiger partial charge in [-0.1, -0.05) is 39.5 Å². The lowest BCUT2D eigenvalue weighted by atomic mass is 9.80. The summed E-state index contributed by atoms with van der Waals surface area (Å²) in [5, 5.41) is 5.75. The molecule has 36 heavy (non-hydrogen) atoms. The molecule has 0 aliphatic heterocycles. The minimum absolute atomic E-state index is 0.000995. The van der Waals surface area contributed by atoms with E-state index in [2.05, 4.69) is 17.6 Å². The molecule has 0 spiro atoms. The van der Waals surface area contributed by atoms with Crippen LogP contribution in [0.3, 0.4) is 0 Å². The fourth-order valence-electron chi connectivity index (χ4n) is 5.44. The highest BCUT2D eigenvalue weighted by Gasteiger charge is 2.34. The van der Waals surface area contributed by atoms with Gasteiger partial charge in [0.2, 0.25) is 0 Å². The number of nitrogens with two attached hydrogens (primary N) is 1. The fraction of sp³-hybridized carbons (Fsp3) is 0.889. The molecule has 208 valence electrons. The number of esters is 1. The first-order valence-corrected chi connectivity index (χ1v) is 13.9. The van der Waals surface area contributed by atoms with E-state index in [0.29, 0.717) is 43.8 Å². The second kappa shape index (κ2) is 15.9. The number of ether oxygens (including phenoxy) is 3. The van der Waals surface area contributed by atoms with Crippen LogP contribution >= 0.6 is 0 Å². The average Bonchev–Trinajstić information content (AvgIpc) is 2.90. The molecule has 0 aromatic heterocycles. The second-order valence-corrected chi connectivity index (χ2v) is 11.0. The van der Waals surface area contributed by atoms with E-state index in [-0.39, 0.29) is 19.8 Å². The number of carbonyl (C=O) groups excluding carboxylic acids is 3. The van der Waals surface area contributed by atoms with Crippen LogP contribution in [-0.2, 0) is 19.0 Å². The van der Waals surface area contributed by atoms with Crippen molar-refractivity contribution in [2.75, 3.05) is 39.5 Å². The standard InChI is InChI=1S/C27H49N3O6/c1-4-21-8-6-10-23(12-21)15-29-25(32)35-18-27(5-2,17-34-20(3)31)19-36-26(33)30-16-24-11-7-9-22(13-24)14-28/h21-24H,4-19,28H2,1-3H3,(H,29,32)(H,30,33). The van der Waals surface area contributed by atoms with Crippen molar-refractivity contribution >= 4 is 18.2 Å². The lowest BCUT2D eigenvalue weighted by Gasteiger charge is -2.32. The molecule has 5 atom stereocenters. The number of rotatable bonds is 13. The fourth-order valence-corrected chi connectivity index (χ4v) is 5.44. The second-order valence-electron chi connectivity index (χ2n) is 11.0. The highest BCUT2D eigenvalue weighted by atomic mass is 16.6. The number of hydrogen-bond acceptors (Lipinski definition) is 7. The van der Waals surface area contributed by atoms with E-state index in [1.807, 2.05) is 6.92 Å². The van der Waals surface area contributed by atoms with Gasteiger partial charge < -0.3 is 30.6 Å². The van der Waals surface area contributed by atoms with Gasteiger partial charge in [-0.05, 0) is 68.7 Å². The van der Waals surface area contributed by atoms with Gasteiger partial charge in [0.25, 0.3) is 0 Å². The minimum atomic E-state index is -0.812. The predicted octanol–water partition coefficient (Wildman–Crippen LogP) is 4.38. The minimum Gasteiger partial charge on any atom is -0.465 e. The van der Waals surface area contributed by atoms with E-state index >= 15 is 0 Å². The van der Waals surface area contributed by atoms with E-state index in [4.69, 9.17) is 19.9 Å². The molecule has 5 unspecified atom stereocenters. The van der Waals surface area contributed by atoms with Crippen LogP contribution in [0.25, 0.3) is 0 Å². The van der Waals surface area contributed by atoms with Crippen molar-refractivity contribution in [3.8, 4) is 0 Å². The van der Waals surface area contributed by atoms with Gasteiger partial charge in [-0.25, -0.2) is 9.59 Å². The van der Waals surface area contributed by atoms with Crippen molar-refractivity contribution in [1.82, 2.24) is 10.6 Å².